The van der Waals surface area contributed by atoms with Crippen LogP contribution in [0.5, 0.6) is 5.75 Å². The number of pyridine rings is 1. The second-order valence-corrected chi connectivity index (χ2v) is 3.21. The zero-order valence-corrected chi connectivity index (χ0v) is 8.50. The molecule has 1 aromatic heterocycles. The lowest BCUT2D eigenvalue weighted by Gasteiger charge is -2.03. The van der Waals surface area contributed by atoms with Gasteiger partial charge in [-0.2, -0.15) is 0 Å². The molecule has 0 aliphatic carbocycles. The Bertz CT molecular complexity index is 351. The zero-order chi connectivity index (χ0) is 10.0. The number of halogens is 1. The molecule has 1 aromatic rings. The highest BCUT2D eigenvalue weighted by Gasteiger charge is 2.14. The smallest absolute Gasteiger partial charge is 0.339 e. The second-order valence-electron chi connectivity index (χ2n) is 2.46. The van der Waals surface area contributed by atoms with E-state index in [1.54, 1.807) is 0 Å². The molecule has 0 aliphatic rings. The van der Waals surface area contributed by atoms with Gasteiger partial charge in [-0.15, -0.1) is 0 Å². The number of aromatic nitrogens is 1. The quantitative estimate of drug-likeness (QED) is 0.780. The summed E-state index contributed by atoms with van der Waals surface area (Å²) in [7, 11) is 0. The Hall–Kier alpha value is -1.10. The molecule has 5 heteroatoms. The number of rotatable bonds is 2. The van der Waals surface area contributed by atoms with E-state index in [0.717, 1.165) is 0 Å². The molecule has 0 aliphatic heterocycles. The maximum Gasteiger partial charge on any atom is 0.339 e. The highest BCUT2D eigenvalue weighted by Crippen LogP contribution is 2.26. The summed E-state index contributed by atoms with van der Waals surface area (Å²) < 4.78 is 0.171. The van der Waals surface area contributed by atoms with Crippen molar-refractivity contribution in [1.29, 1.82) is 0 Å². The van der Waals surface area contributed by atoms with Crippen LogP contribution in [0.4, 0.5) is 0 Å². The Kier molecular flexibility index (Phi) is 2.87. The average molecular weight is 246 g/mol. The van der Waals surface area contributed by atoms with Crippen molar-refractivity contribution in [3.63, 3.8) is 0 Å². The van der Waals surface area contributed by atoms with Gasteiger partial charge in [0.15, 0.2) is 5.75 Å². The molecule has 0 aromatic carbocycles. The lowest BCUT2D eigenvalue weighted by molar-refractivity contribution is 0.0693. The SMILES string of the molecule is CCc1cc(C(=O)O)c(O)c(Br)n1. The number of carbonyl (C=O) groups is 1. The maximum atomic E-state index is 10.6. The summed E-state index contributed by atoms with van der Waals surface area (Å²) in [5.41, 5.74) is 0.501. The van der Waals surface area contributed by atoms with Gasteiger partial charge in [0.25, 0.3) is 0 Å². The molecular weight excluding hydrogens is 238 g/mol. The van der Waals surface area contributed by atoms with E-state index >= 15 is 0 Å². The van der Waals surface area contributed by atoms with Crippen LogP contribution in [0, 0.1) is 0 Å². The van der Waals surface area contributed by atoms with Crippen LogP contribution in [0.1, 0.15) is 23.0 Å². The van der Waals surface area contributed by atoms with Crippen LogP contribution in [0.3, 0.4) is 0 Å². The number of aromatic carboxylic acids is 1. The first kappa shape index (κ1) is 9.98. The minimum absolute atomic E-state index is 0.126. The lowest BCUT2D eigenvalue weighted by atomic mass is 10.2. The summed E-state index contributed by atoms with van der Waals surface area (Å²) >= 11 is 2.98. The van der Waals surface area contributed by atoms with Crippen LogP contribution in [-0.2, 0) is 6.42 Å². The Balaban J connectivity index is 3.33. The number of aromatic hydroxyl groups is 1. The molecule has 0 radical (unpaired) electrons. The highest BCUT2D eigenvalue weighted by molar-refractivity contribution is 9.10. The van der Waals surface area contributed by atoms with Crippen molar-refractivity contribution in [1.82, 2.24) is 4.98 Å². The first-order valence-electron chi connectivity index (χ1n) is 3.68. The van der Waals surface area contributed by atoms with Crippen molar-refractivity contribution >= 4 is 21.9 Å². The van der Waals surface area contributed by atoms with Gasteiger partial charge in [-0.05, 0) is 28.4 Å². The van der Waals surface area contributed by atoms with Gasteiger partial charge in [0.2, 0.25) is 0 Å². The van der Waals surface area contributed by atoms with Crippen LogP contribution >= 0.6 is 15.9 Å². The van der Waals surface area contributed by atoms with Crippen LogP contribution in [-0.4, -0.2) is 21.2 Å². The molecule has 2 N–H and O–H groups in total. The zero-order valence-electron chi connectivity index (χ0n) is 6.91. The minimum atomic E-state index is -1.16. The van der Waals surface area contributed by atoms with E-state index < -0.39 is 5.97 Å². The molecule has 0 atom stereocenters. The fourth-order valence-corrected chi connectivity index (χ4v) is 1.34. The Labute approximate surface area is 83.4 Å². The molecular formula is C8H8BrNO3. The molecule has 0 bridgehead atoms. The molecule has 0 spiro atoms. The van der Waals surface area contributed by atoms with E-state index in [9.17, 15) is 9.90 Å². The van der Waals surface area contributed by atoms with E-state index in [4.69, 9.17) is 5.11 Å². The predicted molar refractivity (Wildman–Crippen MR) is 49.9 cm³/mol. The number of carboxylic acids is 1. The van der Waals surface area contributed by atoms with Crippen molar-refractivity contribution in [2.24, 2.45) is 0 Å². The maximum absolute atomic E-state index is 10.6. The number of hydrogen-bond donors (Lipinski definition) is 2. The van der Waals surface area contributed by atoms with Crippen molar-refractivity contribution in [3.8, 4) is 5.75 Å². The van der Waals surface area contributed by atoms with Gasteiger partial charge in [0.05, 0.1) is 0 Å². The van der Waals surface area contributed by atoms with Gasteiger partial charge in [0.1, 0.15) is 10.2 Å². The van der Waals surface area contributed by atoms with Crippen molar-refractivity contribution in [2.45, 2.75) is 13.3 Å². The average Bonchev–Trinajstić information content (AvgIpc) is 2.09. The van der Waals surface area contributed by atoms with Gasteiger partial charge < -0.3 is 10.2 Å². The third-order valence-corrected chi connectivity index (χ3v) is 2.15. The summed E-state index contributed by atoms with van der Waals surface area (Å²) in [6.45, 7) is 1.86. The van der Waals surface area contributed by atoms with Crippen LogP contribution in [0.15, 0.2) is 10.7 Å². The van der Waals surface area contributed by atoms with E-state index in [-0.39, 0.29) is 15.9 Å². The third-order valence-electron chi connectivity index (χ3n) is 1.60. The number of aryl methyl sites for hydroxylation is 1. The number of carboxylic acid groups (broad SMARTS) is 1. The highest BCUT2D eigenvalue weighted by atomic mass is 79.9. The summed E-state index contributed by atoms with van der Waals surface area (Å²) in [6, 6.07) is 1.36. The molecule has 0 amide bonds. The van der Waals surface area contributed by atoms with Crippen molar-refractivity contribution in [3.05, 3.63) is 21.9 Å². The predicted octanol–water partition coefficient (Wildman–Crippen LogP) is 1.81. The van der Waals surface area contributed by atoms with Gasteiger partial charge in [0, 0.05) is 5.69 Å². The Morgan fingerprint density at radius 1 is 1.69 bits per heavy atom. The van der Waals surface area contributed by atoms with Gasteiger partial charge in [-0.1, -0.05) is 6.92 Å². The summed E-state index contributed by atoms with van der Waals surface area (Å²) in [4.78, 5) is 14.6. The van der Waals surface area contributed by atoms with Crippen LogP contribution in [0.2, 0.25) is 0 Å². The monoisotopic (exact) mass is 245 g/mol. The normalized spacial score (nSPS) is 10.0. The molecule has 0 saturated heterocycles. The van der Waals surface area contributed by atoms with Gasteiger partial charge in [-0.25, -0.2) is 9.78 Å². The molecule has 1 rings (SSSR count). The lowest BCUT2D eigenvalue weighted by Crippen LogP contribution is -2.00. The molecule has 4 nitrogen and oxygen atoms in total. The first-order valence-corrected chi connectivity index (χ1v) is 4.47. The van der Waals surface area contributed by atoms with Gasteiger partial charge in [-0.3, -0.25) is 0 Å². The summed E-state index contributed by atoms with van der Waals surface area (Å²) in [5, 5.41) is 18.0. The van der Waals surface area contributed by atoms with Crippen molar-refractivity contribution in [2.75, 3.05) is 0 Å². The molecule has 0 saturated carbocycles. The molecule has 0 unspecified atom stereocenters. The van der Waals surface area contributed by atoms with Gasteiger partial charge >= 0.3 is 5.97 Å². The molecule has 70 valence electrons. The summed E-state index contributed by atoms with van der Waals surface area (Å²) in [5.74, 6) is -1.49. The molecule has 13 heavy (non-hydrogen) atoms. The minimum Gasteiger partial charge on any atom is -0.504 e. The van der Waals surface area contributed by atoms with Crippen molar-refractivity contribution < 1.29 is 15.0 Å². The Morgan fingerprint density at radius 2 is 2.31 bits per heavy atom. The fraction of sp³-hybridized carbons (Fsp3) is 0.250. The number of hydrogen-bond acceptors (Lipinski definition) is 3. The van der Waals surface area contributed by atoms with Crippen LogP contribution < -0.4 is 0 Å². The third kappa shape index (κ3) is 1.98. The summed E-state index contributed by atoms with van der Waals surface area (Å²) in [6.07, 6.45) is 0.624. The van der Waals surface area contributed by atoms with E-state index in [2.05, 4.69) is 20.9 Å². The van der Waals surface area contributed by atoms with E-state index in [0.29, 0.717) is 12.1 Å². The first-order chi connectivity index (χ1) is 6.06. The van der Waals surface area contributed by atoms with E-state index in [1.807, 2.05) is 6.92 Å². The standard InChI is InChI=1S/C8H8BrNO3/c1-2-4-3-5(8(12)13)6(11)7(9)10-4/h3,11H,2H2,1H3,(H,12,13). The molecule has 0 fully saturated rings. The largest absolute Gasteiger partial charge is 0.504 e. The molecule has 1 heterocycles. The Morgan fingerprint density at radius 3 is 2.77 bits per heavy atom. The number of nitrogens with zero attached hydrogens (tertiary/aromatic N) is 1. The fourth-order valence-electron chi connectivity index (χ4n) is 0.902. The second kappa shape index (κ2) is 3.74. The van der Waals surface area contributed by atoms with Crippen LogP contribution in [0.25, 0.3) is 0 Å². The van der Waals surface area contributed by atoms with E-state index in [1.165, 1.54) is 6.07 Å². The topological polar surface area (TPSA) is 70.4 Å².